The van der Waals surface area contributed by atoms with E-state index in [0.29, 0.717) is 24.1 Å². The van der Waals surface area contributed by atoms with Gasteiger partial charge in [0.05, 0.1) is 5.75 Å². The van der Waals surface area contributed by atoms with Gasteiger partial charge in [-0.2, -0.15) is 4.98 Å². The van der Waals surface area contributed by atoms with Gasteiger partial charge in [-0.15, -0.1) is 0 Å². The van der Waals surface area contributed by atoms with Crippen molar-refractivity contribution in [2.45, 2.75) is 39.4 Å². The van der Waals surface area contributed by atoms with E-state index in [1.807, 2.05) is 31.2 Å². The van der Waals surface area contributed by atoms with Crippen molar-refractivity contribution < 1.29 is 13.5 Å². The summed E-state index contributed by atoms with van der Waals surface area (Å²) in [4.78, 5) is 16.3. The fourth-order valence-corrected chi connectivity index (χ4v) is 3.13. The van der Waals surface area contributed by atoms with Crippen LogP contribution in [0.15, 0.2) is 28.8 Å². The number of rotatable bonds is 8. The highest BCUT2D eigenvalue weighted by molar-refractivity contribution is 7.84. The molecule has 1 aromatic carbocycles. The fraction of sp³-hybridized carbons (Fsp3) is 0.471. The zero-order chi connectivity index (χ0) is 17.5. The van der Waals surface area contributed by atoms with Gasteiger partial charge in [0.15, 0.2) is 5.82 Å². The number of hydrogen-bond acceptors (Lipinski definition) is 5. The molecule has 1 amide bonds. The number of nitrogens with zero attached hydrogens (tertiary/aromatic N) is 2. The van der Waals surface area contributed by atoms with Crippen molar-refractivity contribution in [3.05, 3.63) is 41.5 Å². The maximum atomic E-state index is 12.1. The molecule has 0 fully saturated rings. The molecular formula is C17H23N3O3S. The number of carbonyl (C=O) groups excluding carboxylic acids is 1. The predicted octanol–water partition coefficient (Wildman–Crippen LogP) is 2.72. The fourth-order valence-electron chi connectivity index (χ4n) is 2.26. The SMILES string of the molecule is CCc1ccccc1NC(=O)C[S@](=O)Cc1noc(CC(C)C)n1. The summed E-state index contributed by atoms with van der Waals surface area (Å²) in [5.74, 6) is 1.08. The monoisotopic (exact) mass is 349 g/mol. The third-order valence-electron chi connectivity index (χ3n) is 3.35. The number of para-hydroxylation sites is 1. The minimum atomic E-state index is -1.38. The summed E-state index contributed by atoms with van der Waals surface area (Å²) in [6.07, 6.45) is 1.51. The van der Waals surface area contributed by atoms with E-state index in [1.165, 1.54) is 0 Å². The van der Waals surface area contributed by atoms with E-state index in [1.54, 1.807) is 0 Å². The average Bonchev–Trinajstić information content (AvgIpc) is 2.93. The van der Waals surface area contributed by atoms with E-state index >= 15 is 0 Å². The van der Waals surface area contributed by atoms with E-state index in [0.717, 1.165) is 17.7 Å². The second-order valence-electron chi connectivity index (χ2n) is 5.99. The van der Waals surface area contributed by atoms with E-state index in [2.05, 4.69) is 29.3 Å². The normalized spacial score (nSPS) is 12.3. The van der Waals surface area contributed by atoms with Crippen LogP contribution < -0.4 is 5.32 Å². The molecule has 6 nitrogen and oxygen atoms in total. The van der Waals surface area contributed by atoms with Gasteiger partial charge in [-0.05, 0) is 24.0 Å². The first-order valence-corrected chi connectivity index (χ1v) is 9.51. The van der Waals surface area contributed by atoms with Crippen molar-refractivity contribution >= 4 is 22.4 Å². The quantitative estimate of drug-likeness (QED) is 0.792. The lowest BCUT2D eigenvalue weighted by Gasteiger charge is -2.09. The Labute approximate surface area is 144 Å². The number of hydrogen-bond donors (Lipinski definition) is 1. The van der Waals surface area contributed by atoms with E-state index in [9.17, 15) is 9.00 Å². The maximum Gasteiger partial charge on any atom is 0.237 e. The number of aryl methyl sites for hydroxylation is 1. The molecule has 1 aromatic heterocycles. The van der Waals surface area contributed by atoms with Crippen molar-refractivity contribution in [1.82, 2.24) is 10.1 Å². The summed E-state index contributed by atoms with van der Waals surface area (Å²) in [5, 5.41) is 6.63. The Morgan fingerprint density at radius 2 is 2.08 bits per heavy atom. The Balaban J connectivity index is 1.87. The number of carbonyl (C=O) groups is 1. The van der Waals surface area contributed by atoms with Crippen molar-refractivity contribution in [3.8, 4) is 0 Å². The molecule has 0 saturated heterocycles. The van der Waals surface area contributed by atoms with Crippen molar-refractivity contribution in [2.24, 2.45) is 5.92 Å². The van der Waals surface area contributed by atoms with Crippen LogP contribution in [0.25, 0.3) is 0 Å². The molecule has 0 aliphatic rings. The molecule has 1 heterocycles. The molecule has 0 bridgehead atoms. The summed E-state index contributed by atoms with van der Waals surface area (Å²) < 4.78 is 17.2. The Hall–Kier alpha value is -2.02. The molecule has 24 heavy (non-hydrogen) atoms. The van der Waals surface area contributed by atoms with Gasteiger partial charge in [-0.1, -0.05) is 44.1 Å². The van der Waals surface area contributed by atoms with Crippen molar-refractivity contribution in [3.63, 3.8) is 0 Å². The van der Waals surface area contributed by atoms with Gasteiger partial charge >= 0.3 is 0 Å². The van der Waals surface area contributed by atoms with Crippen LogP contribution in [0.1, 0.15) is 38.0 Å². The van der Waals surface area contributed by atoms with E-state index in [4.69, 9.17) is 4.52 Å². The van der Waals surface area contributed by atoms with Crippen LogP contribution >= 0.6 is 0 Å². The molecule has 130 valence electrons. The topological polar surface area (TPSA) is 85.1 Å². The highest BCUT2D eigenvalue weighted by Crippen LogP contribution is 2.15. The number of anilines is 1. The van der Waals surface area contributed by atoms with E-state index < -0.39 is 10.8 Å². The van der Waals surface area contributed by atoms with Crippen LogP contribution in [-0.4, -0.2) is 26.0 Å². The second kappa shape index (κ2) is 8.73. The van der Waals surface area contributed by atoms with Crippen LogP contribution in [-0.2, 0) is 34.2 Å². The molecule has 7 heteroatoms. The molecule has 0 spiro atoms. The summed E-state index contributed by atoms with van der Waals surface area (Å²) in [5.41, 5.74) is 1.81. The lowest BCUT2D eigenvalue weighted by atomic mass is 10.1. The zero-order valence-electron chi connectivity index (χ0n) is 14.2. The van der Waals surface area contributed by atoms with Gasteiger partial charge in [-0.3, -0.25) is 9.00 Å². The summed E-state index contributed by atoms with van der Waals surface area (Å²) in [6, 6.07) is 7.60. The zero-order valence-corrected chi connectivity index (χ0v) is 15.1. The van der Waals surface area contributed by atoms with Gasteiger partial charge in [0.1, 0.15) is 5.75 Å². The molecule has 0 unspecified atom stereocenters. The molecule has 2 aromatic rings. The predicted molar refractivity (Wildman–Crippen MR) is 94.0 cm³/mol. The largest absolute Gasteiger partial charge is 0.339 e. The summed E-state index contributed by atoms with van der Waals surface area (Å²) >= 11 is 0. The number of aromatic nitrogens is 2. The lowest BCUT2D eigenvalue weighted by Crippen LogP contribution is -2.21. The number of benzene rings is 1. The molecule has 1 N–H and O–H groups in total. The van der Waals surface area contributed by atoms with Gasteiger partial charge in [0, 0.05) is 22.9 Å². The standard InChI is InChI=1S/C17H23N3O3S/c1-4-13-7-5-6-8-14(13)18-16(21)11-24(22)10-15-19-17(23-20-15)9-12(2)3/h5-8,12H,4,9-11H2,1-3H3,(H,18,21)/t24-/m1/s1. The Morgan fingerprint density at radius 3 is 2.79 bits per heavy atom. The Bertz CT molecular complexity index is 713. The average molecular weight is 349 g/mol. The molecule has 0 aliphatic heterocycles. The molecular weight excluding hydrogens is 326 g/mol. The molecule has 0 saturated carbocycles. The third-order valence-corrected chi connectivity index (χ3v) is 4.51. The molecule has 2 rings (SSSR count). The molecule has 0 aliphatic carbocycles. The van der Waals surface area contributed by atoms with Crippen LogP contribution in [0.2, 0.25) is 0 Å². The van der Waals surface area contributed by atoms with Crippen molar-refractivity contribution in [1.29, 1.82) is 0 Å². The highest BCUT2D eigenvalue weighted by Gasteiger charge is 2.14. The maximum absolute atomic E-state index is 12.1. The van der Waals surface area contributed by atoms with Gasteiger partial charge in [-0.25, -0.2) is 0 Å². The first-order chi connectivity index (χ1) is 11.5. The van der Waals surface area contributed by atoms with Crippen LogP contribution in [0.3, 0.4) is 0 Å². The highest BCUT2D eigenvalue weighted by atomic mass is 32.2. The smallest absolute Gasteiger partial charge is 0.237 e. The van der Waals surface area contributed by atoms with Gasteiger partial charge < -0.3 is 9.84 Å². The summed E-state index contributed by atoms with van der Waals surface area (Å²) in [6.45, 7) is 6.13. The second-order valence-corrected chi connectivity index (χ2v) is 7.45. The van der Waals surface area contributed by atoms with Gasteiger partial charge in [0.2, 0.25) is 11.8 Å². The number of nitrogens with one attached hydrogen (secondary N) is 1. The molecule has 0 radical (unpaired) electrons. The lowest BCUT2D eigenvalue weighted by molar-refractivity contribution is -0.113. The summed E-state index contributed by atoms with van der Waals surface area (Å²) in [7, 11) is -1.38. The molecule has 1 atom stereocenters. The van der Waals surface area contributed by atoms with Crippen LogP contribution in [0, 0.1) is 5.92 Å². The Kier molecular flexibility index (Phi) is 6.66. The minimum Gasteiger partial charge on any atom is -0.339 e. The van der Waals surface area contributed by atoms with Crippen LogP contribution in [0.4, 0.5) is 5.69 Å². The van der Waals surface area contributed by atoms with E-state index in [-0.39, 0.29) is 17.4 Å². The number of amides is 1. The third kappa shape index (κ3) is 5.56. The minimum absolute atomic E-state index is 0.0912. The van der Waals surface area contributed by atoms with Crippen molar-refractivity contribution in [2.75, 3.05) is 11.1 Å². The van der Waals surface area contributed by atoms with Gasteiger partial charge in [0.25, 0.3) is 0 Å². The van der Waals surface area contributed by atoms with Crippen LogP contribution in [0.5, 0.6) is 0 Å². The first kappa shape index (κ1) is 18.3. The first-order valence-electron chi connectivity index (χ1n) is 8.02. The Morgan fingerprint density at radius 1 is 1.33 bits per heavy atom.